The highest BCUT2D eigenvalue weighted by molar-refractivity contribution is 7.32. The van der Waals surface area contributed by atoms with Crippen molar-refractivity contribution in [3.05, 3.63) is 369 Å². The van der Waals surface area contributed by atoms with Crippen molar-refractivity contribution in [2.75, 3.05) is 0 Å². The Labute approximate surface area is 718 Å². The first-order chi connectivity index (χ1) is 58.3. The Balaban J connectivity index is 0.706. The zero-order valence-corrected chi connectivity index (χ0v) is 71.5. The molecular weight excluding hydrogens is 1580 g/mol. The van der Waals surface area contributed by atoms with Gasteiger partial charge in [0.25, 0.3) is 0 Å². The summed E-state index contributed by atoms with van der Waals surface area (Å²) >= 11 is 12.7. The van der Waals surface area contributed by atoms with Crippen LogP contribution in [0.25, 0.3) is 203 Å². The lowest BCUT2D eigenvalue weighted by atomic mass is 10.0. The Kier molecular flexibility index (Phi) is 19.2. The number of benzene rings is 8. The van der Waals surface area contributed by atoms with Crippen molar-refractivity contribution < 1.29 is 0 Å². The van der Waals surface area contributed by atoms with Crippen LogP contribution in [-0.2, 0) is 0 Å². The summed E-state index contributed by atoms with van der Waals surface area (Å²) in [5, 5.41) is 0. The average molecular weight is 1650 g/mol. The van der Waals surface area contributed by atoms with Gasteiger partial charge in [-0.2, -0.15) is 0 Å². The fourth-order valence-electron chi connectivity index (χ4n) is 16.0. The third-order valence-electron chi connectivity index (χ3n) is 22.3. The van der Waals surface area contributed by atoms with Crippen molar-refractivity contribution in [3.63, 3.8) is 0 Å². The molecule has 0 saturated carbocycles. The van der Waals surface area contributed by atoms with Crippen LogP contribution in [-0.4, -0.2) is 19.9 Å². The molecule has 0 saturated heterocycles. The lowest BCUT2D eigenvalue weighted by molar-refractivity contribution is 1.33. The summed E-state index contributed by atoms with van der Waals surface area (Å²) in [5.74, 6) is 7.18. The summed E-state index contributed by atoms with van der Waals surface area (Å²) < 4.78 is 16.4. The lowest BCUT2D eigenvalue weighted by Crippen LogP contribution is -1.87. The summed E-state index contributed by atoms with van der Waals surface area (Å²) in [6.07, 6.45) is 17.7. The molecule has 22 bridgehead atoms. The second-order valence-electron chi connectivity index (χ2n) is 30.6. The van der Waals surface area contributed by atoms with Crippen molar-refractivity contribution in [1.29, 1.82) is 0 Å². The quantitative estimate of drug-likeness (QED) is 0.142. The van der Waals surface area contributed by atoms with Gasteiger partial charge in [-0.15, -0.1) is 79.4 Å². The minimum atomic E-state index is 0.897. The smallest absolute Gasteiger partial charge is 0.0730 e. The highest BCUT2D eigenvalue weighted by Gasteiger charge is 2.23. The van der Waals surface area contributed by atoms with Gasteiger partial charge in [0.2, 0.25) is 0 Å². The van der Waals surface area contributed by atoms with Gasteiger partial charge >= 0.3 is 0 Å². The van der Waals surface area contributed by atoms with Crippen molar-refractivity contribution >= 4 is 194 Å². The van der Waals surface area contributed by atoms with Crippen molar-refractivity contribution in [2.45, 2.75) is 41.5 Å². The molecule has 0 amide bonds. The van der Waals surface area contributed by atoms with Crippen LogP contribution in [0.4, 0.5) is 0 Å². The largest absolute Gasteiger partial charge is 0.248 e. The molecule has 4 aliphatic rings. The van der Waals surface area contributed by atoms with E-state index in [2.05, 4.69) is 381 Å². The molecule has 119 heavy (non-hydrogen) atoms. The number of aryl methyl sites for hydroxylation is 6. The third-order valence-corrected chi connectivity index (χ3v) is 30.6. The van der Waals surface area contributed by atoms with Gasteiger partial charge < -0.3 is 0 Å². The first-order valence-corrected chi connectivity index (χ1v) is 45.5. The summed E-state index contributed by atoms with van der Waals surface area (Å²) in [6.45, 7) is 12.9. The van der Waals surface area contributed by atoms with E-state index in [0.29, 0.717) is 0 Å². The first kappa shape index (κ1) is 73.9. The van der Waals surface area contributed by atoms with Gasteiger partial charge in [-0.05, 0) is 244 Å². The molecule has 13 heterocycles. The molecule has 0 radical (unpaired) electrons. The minimum absolute atomic E-state index is 0.897. The van der Waals surface area contributed by atoms with E-state index in [4.69, 9.17) is 19.9 Å². The molecule has 8 aromatic carbocycles. The number of hydrogen-bond acceptors (Lipinski definition) is 11. The van der Waals surface area contributed by atoms with E-state index in [-0.39, 0.29) is 0 Å². The Bertz CT molecular complexity index is 7710. The number of aromatic nitrogens is 4. The summed E-state index contributed by atoms with van der Waals surface area (Å²) in [6, 6.07) is 103. The van der Waals surface area contributed by atoms with Gasteiger partial charge in [0.05, 0.1) is 45.6 Å². The Hall–Kier alpha value is -12.7. The van der Waals surface area contributed by atoms with Crippen molar-refractivity contribution in [2.24, 2.45) is 0 Å². The van der Waals surface area contributed by atoms with Gasteiger partial charge in [-0.25, -0.2) is 19.9 Å². The minimum Gasteiger partial charge on any atom is -0.248 e. The molecule has 21 rings (SSSR count). The molecule has 17 aromatic rings. The molecule has 11 heteroatoms. The maximum atomic E-state index is 5.71. The zero-order chi connectivity index (χ0) is 79.9. The number of hydrogen-bond donors (Lipinski definition) is 0. The number of nitrogens with zero attached hydrogens (tertiary/aromatic N) is 4. The van der Waals surface area contributed by atoms with Crippen LogP contribution in [0.2, 0.25) is 0 Å². The predicted octanol–water partition coefficient (Wildman–Crippen LogP) is 32.5. The van der Waals surface area contributed by atoms with Crippen LogP contribution in [0, 0.1) is 53.4 Å². The van der Waals surface area contributed by atoms with Crippen molar-refractivity contribution in [1.82, 2.24) is 19.9 Å². The van der Waals surface area contributed by atoms with Gasteiger partial charge in [0, 0.05) is 121 Å². The normalized spacial score (nSPS) is 12.1. The molecule has 0 spiro atoms. The fraction of sp³-hybridized carbons (Fsp3) is 0.0556. The summed E-state index contributed by atoms with van der Waals surface area (Å²) in [4.78, 5) is 22.6. The van der Waals surface area contributed by atoms with E-state index in [9.17, 15) is 0 Å². The SMILES string of the molecule is Cc1ccc(-c2c3nc(c(-c4ccc(C)cc4)c4ccc(s4)c4ccc(s4)c(-c4ccc(C)cc4)c4nc(c(-c5ccc(C#Cc6ccc(-c7c8nc(c(-c9ccc(C)cc9)c9ccc(s9)c9ccc(s9)c(-c9ccc(C)cc9)c9nc(c(-c%10ccc(C)cc%10)c%10ccc(s%10)c%10ccc7s%10)C=C9)C=C8)cc6)cc5)c5ccc2s5)C=C4)C=C3)cc1. The molecule has 9 aromatic heterocycles. The van der Waals surface area contributed by atoms with Gasteiger partial charge in [-0.3, -0.25) is 0 Å². The monoisotopic (exact) mass is 1650 g/mol. The second kappa shape index (κ2) is 31.0. The van der Waals surface area contributed by atoms with E-state index < -0.39 is 0 Å². The fourth-order valence-corrected chi connectivity index (χ4v) is 24.0. The molecule has 0 fully saturated rings. The molecule has 0 N–H and O–H groups in total. The van der Waals surface area contributed by atoms with Crippen molar-refractivity contribution in [3.8, 4) is 101 Å². The third kappa shape index (κ3) is 14.4. The Morgan fingerprint density at radius 3 is 0.429 bits per heavy atom. The zero-order valence-electron chi connectivity index (χ0n) is 65.8. The molecule has 4 nitrogen and oxygen atoms in total. The van der Waals surface area contributed by atoms with E-state index in [0.717, 1.165) is 174 Å². The van der Waals surface area contributed by atoms with Crippen LogP contribution in [0.3, 0.4) is 0 Å². The van der Waals surface area contributed by atoms with Crippen LogP contribution >= 0.6 is 79.4 Å². The first-order valence-electron chi connectivity index (χ1n) is 39.7. The maximum Gasteiger partial charge on any atom is 0.0730 e. The average Bonchev–Trinajstić information content (AvgIpc) is 1.62. The second-order valence-corrected chi connectivity index (χ2v) is 38.2. The molecule has 566 valence electrons. The topological polar surface area (TPSA) is 51.6 Å². The van der Waals surface area contributed by atoms with Crippen LogP contribution in [0.1, 0.15) is 90.1 Å². The number of fused-ring (bicyclic) bond motifs is 25. The maximum absolute atomic E-state index is 5.71. The number of thiophene rings is 7. The van der Waals surface area contributed by atoms with E-state index in [1.54, 1.807) is 22.7 Å². The predicted molar refractivity (Wildman–Crippen MR) is 522 cm³/mol. The van der Waals surface area contributed by atoms with Gasteiger partial charge in [0.1, 0.15) is 0 Å². The molecule has 0 aliphatic carbocycles. The van der Waals surface area contributed by atoms with Gasteiger partial charge in [-0.1, -0.05) is 215 Å². The van der Waals surface area contributed by atoms with E-state index in [1.807, 2.05) is 56.7 Å². The van der Waals surface area contributed by atoms with Crippen LogP contribution in [0.15, 0.2) is 279 Å². The number of rotatable bonds is 8. The Morgan fingerprint density at radius 2 is 0.277 bits per heavy atom. The van der Waals surface area contributed by atoms with Crippen LogP contribution in [0.5, 0.6) is 0 Å². The molecular formula is C108H72N4S7. The highest BCUT2D eigenvalue weighted by Crippen LogP contribution is 2.48. The lowest BCUT2D eigenvalue weighted by Gasteiger charge is -2.06. The molecule has 0 atom stereocenters. The standard InChI is InChI=1S/C108H72N4S7/c1-63-7-25-71(26-8-63)101-79-41-42-80(109-79)102(72-27-9-64(2)10-28-72)94-59-53-91(117-94)92-54-60-98(118-92)107(85-47-44-82(111-85)104(74-31-13-66(4)14-32-74)96-57-51-89(115-96)87-49-55-93(101)113-87)77-37-21-69(22-38-77)19-20-70-23-39-78(40-24-70)108-86-48-45-83(112-86)105(75-33-15-67(5)16-34-75)97-58-52-90(116-97)88-50-56-95(114-88)103(73-29-11-65(3)12-30-73)81-43-46-84(110-81)106(99-61-62-100(108)119-99)76-35-17-68(6)18-36-76/h7-18,21-62H,1-6H3. The summed E-state index contributed by atoms with van der Waals surface area (Å²) in [5.41, 5.74) is 34.2. The molecule has 0 unspecified atom stereocenters. The van der Waals surface area contributed by atoms with E-state index in [1.165, 1.54) is 71.0 Å². The molecule has 4 aliphatic heterocycles. The summed E-state index contributed by atoms with van der Waals surface area (Å²) in [7, 11) is 0. The van der Waals surface area contributed by atoms with E-state index >= 15 is 0 Å². The highest BCUT2D eigenvalue weighted by atomic mass is 32.1. The Morgan fingerprint density at radius 1 is 0.151 bits per heavy atom. The van der Waals surface area contributed by atoms with Crippen LogP contribution < -0.4 is 0 Å². The van der Waals surface area contributed by atoms with Gasteiger partial charge in [0.15, 0.2) is 0 Å².